The number of alkyl halides is 1. The van der Waals surface area contributed by atoms with E-state index in [0.29, 0.717) is 6.61 Å². The van der Waals surface area contributed by atoms with Crippen molar-refractivity contribution in [1.82, 2.24) is 4.90 Å². The SMILES string of the molecule is C[C@H](Cl)C(=O)N1CCS[C@@H]1c1cccc(OCc2ccccc2)c1. The van der Waals surface area contributed by atoms with Gasteiger partial charge < -0.3 is 9.64 Å². The van der Waals surface area contributed by atoms with Crippen LogP contribution in [0, 0.1) is 0 Å². The van der Waals surface area contributed by atoms with E-state index in [2.05, 4.69) is 0 Å². The fourth-order valence-corrected chi connectivity index (χ4v) is 4.08. The zero-order chi connectivity index (χ0) is 16.9. The molecular formula is C19H20ClNO2S. The van der Waals surface area contributed by atoms with Gasteiger partial charge in [-0.2, -0.15) is 0 Å². The standard InChI is InChI=1S/C19H20ClNO2S/c1-14(20)18(22)21-10-11-24-19(21)16-8-5-9-17(12-16)23-13-15-6-3-2-4-7-15/h2-9,12,14,19H,10-11,13H2,1H3/t14-,19+/m0/s1. The van der Waals surface area contributed by atoms with E-state index in [0.717, 1.165) is 29.2 Å². The lowest BCUT2D eigenvalue weighted by molar-refractivity contribution is -0.130. The lowest BCUT2D eigenvalue weighted by Crippen LogP contribution is -2.35. The third kappa shape index (κ3) is 4.05. The molecule has 3 nitrogen and oxygen atoms in total. The van der Waals surface area contributed by atoms with Crippen LogP contribution in [-0.4, -0.2) is 28.5 Å². The first-order valence-electron chi connectivity index (χ1n) is 7.98. The van der Waals surface area contributed by atoms with Gasteiger partial charge in [-0.3, -0.25) is 4.79 Å². The Morgan fingerprint density at radius 1 is 1.29 bits per heavy atom. The largest absolute Gasteiger partial charge is 0.489 e. The smallest absolute Gasteiger partial charge is 0.241 e. The van der Waals surface area contributed by atoms with E-state index in [-0.39, 0.29) is 11.3 Å². The molecule has 2 aromatic carbocycles. The molecule has 1 amide bonds. The highest BCUT2D eigenvalue weighted by atomic mass is 35.5. The zero-order valence-corrected chi connectivity index (χ0v) is 15.1. The topological polar surface area (TPSA) is 29.5 Å². The molecule has 1 fully saturated rings. The minimum absolute atomic E-state index is 0.0118. The van der Waals surface area contributed by atoms with Gasteiger partial charge in [-0.15, -0.1) is 23.4 Å². The Kier molecular flexibility index (Phi) is 5.69. The van der Waals surface area contributed by atoms with Gasteiger partial charge in [0.15, 0.2) is 0 Å². The summed E-state index contributed by atoms with van der Waals surface area (Å²) in [5.74, 6) is 1.73. The van der Waals surface area contributed by atoms with Crippen LogP contribution in [0.1, 0.15) is 23.4 Å². The summed E-state index contributed by atoms with van der Waals surface area (Å²) >= 11 is 7.75. The van der Waals surface area contributed by atoms with Gasteiger partial charge in [0.2, 0.25) is 5.91 Å². The Balaban J connectivity index is 1.71. The van der Waals surface area contributed by atoms with Crippen molar-refractivity contribution in [3.8, 4) is 5.75 Å². The van der Waals surface area contributed by atoms with Crippen LogP contribution in [0.4, 0.5) is 0 Å². The maximum Gasteiger partial charge on any atom is 0.241 e. The Hall–Kier alpha value is -1.65. The van der Waals surface area contributed by atoms with Crippen LogP contribution in [-0.2, 0) is 11.4 Å². The Labute approximate surface area is 151 Å². The van der Waals surface area contributed by atoms with E-state index >= 15 is 0 Å². The van der Waals surface area contributed by atoms with E-state index < -0.39 is 5.38 Å². The van der Waals surface area contributed by atoms with Crippen molar-refractivity contribution >= 4 is 29.3 Å². The average Bonchev–Trinajstić information content (AvgIpc) is 3.10. The van der Waals surface area contributed by atoms with Crippen molar-refractivity contribution in [3.05, 3.63) is 65.7 Å². The first-order chi connectivity index (χ1) is 11.6. The maximum absolute atomic E-state index is 12.3. The van der Waals surface area contributed by atoms with Gasteiger partial charge in [0.25, 0.3) is 0 Å². The van der Waals surface area contributed by atoms with Crippen LogP contribution in [0.5, 0.6) is 5.75 Å². The van der Waals surface area contributed by atoms with Crippen molar-refractivity contribution < 1.29 is 9.53 Å². The number of benzene rings is 2. The summed E-state index contributed by atoms with van der Waals surface area (Å²) < 4.78 is 5.90. The number of rotatable bonds is 5. The summed E-state index contributed by atoms with van der Waals surface area (Å²) in [6.45, 7) is 2.99. The molecule has 2 atom stereocenters. The molecule has 0 spiro atoms. The molecule has 126 valence electrons. The summed E-state index contributed by atoms with van der Waals surface area (Å²) in [6.07, 6.45) is 0. The van der Waals surface area contributed by atoms with Gasteiger partial charge >= 0.3 is 0 Å². The highest BCUT2D eigenvalue weighted by Gasteiger charge is 2.32. The van der Waals surface area contributed by atoms with Crippen LogP contribution in [0.3, 0.4) is 0 Å². The second-order valence-corrected chi connectivity index (χ2v) is 7.56. The van der Waals surface area contributed by atoms with Crippen LogP contribution in [0.25, 0.3) is 0 Å². The molecule has 1 aliphatic rings. The first-order valence-corrected chi connectivity index (χ1v) is 9.46. The number of carbonyl (C=O) groups is 1. The van der Waals surface area contributed by atoms with E-state index in [9.17, 15) is 4.79 Å². The summed E-state index contributed by atoms with van der Waals surface area (Å²) in [5, 5.41) is -0.484. The Morgan fingerprint density at radius 2 is 2.08 bits per heavy atom. The molecule has 5 heteroatoms. The van der Waals surface area contributed by atoms with Crippen molar-refractivity contribution in [3.63, 3.8) is 0 Å². The molecule has 3 rings (SSSR count). The van der Waals surface area contributed by atoms with Gasteiger partial charge in [0, 0.05) is 12.3 Å². The Bertz CT molecular complexity index is 693. The molecular weight excluding hydrogens is 342 g/mol. The highest BCUT2D eigenvalue weighted by molar-refractivity contribution is 7.99. The predicted molar refractivity (Wildman–Crippen MR) is 99.4 cm³/mol. The van der Waals surface area contributed by atoms with Crippen LogP contribution < -0.4 is 4.74 Å². The second kappa shape index (κ2) is 7.95. The normalized spacial score (nSPS) is 18.4. The summed E-state index contributed by atoms with van der Waals surface area (Å²) in [4.78, 5) is 14.1. The minimum Gasteiger partial charge on any atom is -0.489 e. The monoisotopic (exact) mass is 361 g/mol. The van der Waals surface area contributed by atoms with Crippen molar-refractivity contribution in [2.24, 2.45) is 0 Å². The van der Waals surface area contributed by atoms with Crippen LogP contribution >= 0.6 is 23.4 Å². The average molecular weight is 362 g/mol. The van der Waals surface area contributed by atoms with Crippen LogP contribution in [0.15, 0.2) is 54.6 Å². The number of nitrogens with zero attached hydrogens (tertiary/aromatic N) is 1. The number of amides is 1. The number of carbonyl (C=O) groups excluding carboxylic acids is 1. The molecule has 0 unspecified atom stereocenters. The Morgan fingerprint density at radius 3 is 2.83 bits per heavy atom. The number of hydrogen-bond acceptors (Lipinski definition) is 3. The number of halogens is 1. The number of ether oxygens (including phenoxy) is 1. The zero-order valence-electron chi connectivity index (χ0n) is 13.5. The van der Waals surface area contributed by atoms with Gasteiger partial charge in [-0.25, -0.2) is 0 Å². The molecule has 0 radical (unpaired) electrons. The van der Waals surface area contributed by atoms with E-state index in [1.807, 2.05) is 59.5 Å². The van der Waals surface area contributed by atoms with Gasteiger partial charge in [0.1, 0.15) is 23.1 Å². The van der Waals surface area contributed by atoms with E-state index in [1.165, 1.54) is 0 Å². The highest BCUT2D eigenvalue weighted by Crippen LogP contribution is 2.39. The fraction of sp³-hybridized carbons (Fsp3) is 0.316. The van der Waals surface area contributed by atoms with Gasteiger partial charge in [-0.05, 0) is 30.2 Å². The molecule has 2 aromatic rings. The molecule has 0 bridgehead atoms. The van der Waals surface area contributed by atoms with Crippen molar-refractivity contribution in [2.75, 3.05) is 12.3 Å². The molecule has 1 saturated heterocycles. The molecule has 0 aromatic heterocycles. The minimum atomic E-state index is -0.497. The first kappa shape index (κ1) is 17.2. The van der Waals surface area contributed by atoms with Crippen LogP contribution in [0.2, 0.25) is 0 Å². The number of hydrogen-bond donors (Lipinski definition) is 0. The summed E-state index contributed by atoms with van der Waals surface area (Å²) in [7, 11) is 0. The van der Waals surface area contributed by atoms with Crippen molar-refractivity contribution in [2.45, 2.75) is 24.3 Å². The quantitative estimate of drug-likeness (QED) is 0.736. The lowest BCUT2D eigenvalue weighted by Gasteiger charge is -2.25. The predicted octanol–water partition coefficient (Wildman–Crippen LogP) is 4.47. The molecule has 0 saturated carbocycles. The maximum atomic E-state index is 12.3. The molecule has 0 N–H and O–H groups in total. The third-order valence-corrected chi connectivity index (χ3v) is 5.35. The molecule has 1 heterocycles. The van der Waals surface area contributed by atoms with Crippen molar-refractivity contribution in [1.29, 1.82) is 0 Å². The lowest BCUT2D eigenvalue weighted by atomic mass is 10.2. The second-order valence-electron chi connectivity index (χ2n) is 5.72. The molecule has 0 aliphatic carbocycles. The fourth-order valence-electron chi connectivity index (χ4n) is 2.70. The van der Waals surface area contributed by atoms with Gasteiger partial charge in [-0.1, -0.05) is 42.5 Å². The summed E-state index contributed by atoms with van der Waals surface area (Å²) in [6, 6.07) is 18.1. The molecule has 24 heavy (non-hydrogen) atoms. The molecule has 1 aliphatic heterocycles. The van der Waals surface area contributed by atoms with E-state index in [1.54, 1.807) is 18.7 Å². The third-order valence-electron chi connectivity index (χ3n) is 3.91. The summed E-state index contributed by atoms with van der Waals surface area (Å²) in [5.41, 5.74) is 2.21. The van der Waals surface area contributed by atoms with Gasteiger partial charge in [0.05, 0.1) is 0 Å². The number of thioether (sulfide) groups is 1. The van der Waals surface area contributed by atoms with E-state index in [4.69, 9.17) is 16.3 Å².